The number of halogens is 4. The fraction of sp³-hybridized carbons (Fsp3) is 0.490. The molecule has 6 rings (SSSR count). The normalized spacial score (nSPS) is 22.5. The molecule has 0 bridgehead atoms. The van der Waals surface area contributed by atoms with Crippen LogP contribution in [0.1, 0.15) is 91.6 Å². The van der Waals surface area contributed by atoms with E-state index in [1.807, 2.05) is 36.4 Å². The maximum atomic E-state index is 16.0. The molecule has 0 saturated carbocycles. The number of alkyl halides is 2. The third-order valence-electron chi connectivity index (χ3n) is 12.1. The van der Waals surface area contributed by atoms with Crippen LogP contribution in [0.5, 0.6) is 0 Å². The second-order valence-electron chi connectivity index (χ2n) is 15.7. The van der Waals surface area contributed by atoms with E-state index in [4.69, 9.17) is 18.3 Å². The first-order valence-electron chi connectivity index (χ1n) is 21.8. The molecule has 2 aromatic heterocycles. The van der Waals surface area contributed by atoms with Crippen LogP contribution >= 0.6 is 90.4 Å². The Morgan fingerprint density at radius 3 is 1.37 bits per heavy atom. The number of para-hydroxylation sites is 2. The summed E-state index contributed by atoms with van der Waals surface area (Å²) in [7, 11) is 0. The Balaban J connectivity index is 1.56. The van der Waals surface area contributed by atoms with Crippen molar-refractivity contribution in [3.05, 3.63) is 114 Å². The van der Waals surface area contributed by atoms with Gasteiger partial charge in [-0.3, -0.25) is 4.79 Å². The lowest BCUT2D eigenvalue weighted by Crippen LogP contribution is -2.44. The molecule has 4 atom stereocenters. The number of likely N-dealkylation sites (N-methyl/N-ethyl adjacent to an activating group) is 2. The zero-order valence-corrected chi connectivity index (χ0v) is 44.6. The monoisotopic (exact) mass is 1260 g/mol. The summed E-state index contributed by atoms with van der Waals surface area (Å²) in [5, 5.41) is 2.08. The van der Waals surface area contributed by atoms with Crippen molar-refractivity contribution in [2.75, 3.05) is 52.5 Å². The molecular formula is C49H60I4N2O5. The first kappa shape index (κ1) is 48.4. The molecule has 0 aliphatic heterocycles. The van der Waals surface area contributed by atoms with Crippen molar-refractivity contribution in [2.45, 2.75) is 99.1 Å². The highest BCUT2D eigenvalue weighted by Gasteiger charge is 2.53. The van der Waals surface area contributed by atoms with E-state index >= 15 is 4.79 Å². The summed E-state index contributed by atoms with van der Waals surface area (Å²) in [4.78, 5) is 20.7. The van der Waals surface area contributed by atoms with Crippen LogP contribution in [0, 0.1) is 0 Å². The molecular weight excluding hydrogens is 1200 g/mol. The topological polar surface area (TPSA) is 68.3 Å². The van der Waals surface area contributed by atoms with Gasteiger partial charge in [-0.05, 0) is 145 Å². The Bertz CT molecular complexity index is 2010. The quantitative estimate of drug-likeness (QED) is 0.0574. The number of allylic oxidation sites excluding steroid dienone is 4. The number of furan rings is 2. The molecule has 4 unspecified atom stereocenters. The van der Waals surface area contributed by atoms with Crippen LogP contribution < -0.4 is 0 Å². The van der Waals surface area contributed by atoms with Crippen LogP contribution in [0.3, 0.4) is 0 Å². The molecule has 2 aliphatic rings. The van der Waals surface area contributed by atoms with Gasteiger partial charge in [0.1, 0.15) is 41.7 Å². The number of ketones is 1. The average molecular weight is 1260 g/mol. The zero-order chi connectivity index (χ0) is 43.0. The number of nitrogens with zero attached hydrogens (tertiary/aromatic N) is 2. The van der Waals surface area contributed by atoms with E-state index in [1.54, 1.807) is 0 Å². The van der Waals surface area contributed by atoms with Crippen molar-refractivity contribution in [1.82, 2.24) is 9.80 Å². The van der Waals surface area contributed by atoms with Gasteiger partial charge in [0, 0.05) is 42.2 Å². The third-order valence-corrected chi connectivity index (χ3v) is 17.4. The number of carbonyl (C=O) groups is 1. The van der Waals surface area contributed by atoms with Gasteiger partial charge in [0.2, 0.25) is 0 Å². The third kappa shape index (κ3) is 10.1. The van der Waals surface area contributed by atoms with Crippen molar-refractivity contribution >= 4 is 118 Å². The summed E-state index contributed by atoms with van der Waals surface area (Å²) in [6.45, 7) is 19.9. The number of hydrogen-bond acceptors (Lipinski definition) is 7. The predicted octanol–water partition coefficient (Wildman–Crippen LogP) is 13.8. The minimum Gasteiger partial charge on any atom is -0.459 e. The van der Waals surface area contributed by atoms with Crippen molar-refractivity contribution < 1.29 is 23.1 Å². The first-order valence-corrected chi connectivity index (χ1v) is 26.1. The van der Waals surface area contributed by atoms with Crippen molar-refractivity contribution in [3.8, 4) is 0 Å². The molecule has 0 fully saturated rings. The maximum absolute atomic E-state index is 16.0. The highest BCUT2D eigenvalue weighted by Crippen LogP contribution is 2.57. The summed E-state index contributed by atoms with van der Waals surface area (Å²) < 4.78 is 28.0. The van der Waals surface area contributed by atoms with Gasteiger partial charge in [0.15, 0.2) is 5.78 Å². The molecule has 0 spiro atoms. The number of ether oxygens (including phenoxy) is 2. The van der Waals surface area contributed by atoms with Gasteiger partial charge in [0.25, 0.3) is 0 Å². The van der Waals surface area contributed by atoms with E-state index in [9.17, 15) is 0 Å². The number of unbranched alkanes of at least 4 members (excludes halogenated alkanes) is 2. The predicted molar refractivity (Wildman–Crippen MR) is 281 cm³/mol. The van der Waals surface area contributed by atoms with Crippen LogP contribution in [-0.2, 0) is 21.1 Å². The number of rotatable bonds is 22. The van der Waals surface area contributed by atoms with E-state index in [0.29, 0.717) is 13.2 Å². The van der Waals surface area contributed by atoms with Crippen LogP contribution in [0.25, 0.3) is 21.9 Å². The molecule has 0 radical (unpaired) electrons. The summed E-state index contributed by atoms with van der Waals surface area (Å²) in [6.07, 6.45) is 8.90. The Kier molecular flexibility index (Phi) is 17.9. The van der Waals surface area contributed by atoms with E-state index in [1.165, 1.54) is 0 Å². The van der Waals surface area contributed by atoms with Crippen molar-refractivity contribution in [2.24, 2.45) is 0 Å². The average Bonchev–Trinajstić information content (AvgIpc) is 3.91. The highest BCUT2D eigenvalue weighted by atomic mass is 127. The van der Waals surface area contributed by atoms with Crippen LogP contribution in [0.15, 0.2) is 111 Å². The van der Waals surface area contributed by atoms with Crippen LogP contribution in [0.4, 0.5) is 0 Å². The number of fused-ring (bicyclic) bond motifs is 2. The second kappa shape index (κ2) is 22.2. The van der Waals surface area contributed by atoms with Gasteiger partial charge in [-0.25, -0.2) is 0 Å². The van der Waals surface area contributed by atoms with Crippen molar-refractivity contribution in [3.63, 3.8) is 0 Å². The molecule has 2 heterocycles. The summed E-state index contributed by atoms with van der Waals surface area (Å²) in [5.74, 6) is 1.67. The van der Waals surface area contributed by atoms with Gasteiger partial charge in [-0.15, -0.1) is 0 Å². The number of hydrogen-bond donors (Lipinski definition) is 0. The summed E-state index contributed by atoms with van der Waals surface area (Å²) in [6, 6.07) is 20.7. The molecule has 11 heteroatoms. The number of carbonyl (C=O) groups excluding carboxylic acids is 1. The summed E-state index contributed by atoms with van der Waals surface area (Å²) >= 11 is 10.0. The Morgan fingerprint density at radius 2 is 1.02 bits per heavy atom. The highest BCUT2D eigenvalue weighted by molar-refractivity contribution is 14.1. The van der Waals surface area contributed by atoms with Crippen molar-refractivity contribution in [1.29, 1.82) is 0 Å². The molecule has 4 aromatic rings. The SMILES string of the molecule is CCCCC1=C(C(=O)C2=C(CCCC)C(I)(c3cc4ccccc4o3)C(OCCN(CC)CC)C(I)=C2)C=C(I)C(OCCN(CC)CC)C1(I)c1cc2ccccc2o1. The molecule has 2 aliphatic carbocycles. The fourth-order valence-corrected chi connectivity index (χ4v) is 14.3. The van der Waals surface area contributed by atoms with Gasteiger partial charge in [0.05, 0.1) is 13.2 Å². The minimum atomic E-state index is -0.766. The van der Waals surface area contributed by atoms with Crippen LogP contribution in [0.2, 0.25) is 0 Å². The van der Waals surface area contributed by atoms with E-state index in [-0.39, 0.29) is 18.0 Å². The maximum Gasteiger partial charge on any atom is 0.193 e. The largest absolute Gasteiger partial charge is 0.459 e. The Labute approximate surface area is 412 Å². The molecule has 2 aromatic carbocycles. The van der Waals surface area contributed by atoms with Gasteiger partial charge >= 0.3 is 0 Å². The molecule has 7 nitrogen and oxygen atoms in total. The van der Waals surface area contributed by atoms with E-state index in [0.717, 1.165) is 141 Å². The van der Waals surface area contributed by atoms with Gasteiger partial charge in [-0.2, -0.15) is 0 Å². The van der Waals surface area contributed by atoms with E-state index < -0.39 is 6.84 Å². The standard InChI is InChI=1S/C49H60I4N2O5/c1-7-13-21-37-35(31-39(50)46(57-27-25-54(9-3)10-4)48(37,52)43-29-33-19-15-17-23-41(33)59-43)45(56)36-32-40(51)47(58-28-26-55(11-5)12-6)49(53,38(36)22-14-8-2)44-30-34-20-16-18-24-42(34)60-44/h15-20,23-24,29-32,46-47H,7-14,21-22,25-28H2,1-6H3. The molecule has 0 saturated heterocycles. The Hall–Kier alpha value is -1.09. The minimum absolute atomic E-state index is 0.0352. The number of benzene rings is 2. The van der Waals surface area contributed by atoms with E-state index in [2.05, 4.69) is 178 Å². The van der Waals surface area contributed by atoms with Crippen LogP contribution in [-0.4, -0.2) is 80.3 Å². The molecule has 60 heavy (non-hydrogen) atoms. The lowest BCUT2D eigenvalue weighted by Gasteiger charge is -2.42. The van der Waals surface area contributed by atoms with Gasteiger partial charge < -0.3 is 28.1 Å². The lowest BCUT2D eigenvalue weighted by atomic mass is 9.74. The smallest absolute Gasteiger partial charge is 0.193 e. The Morgan fingerprint density at radius 1 is 0.633 bits per heavy atom. The number of Topliss-reactive ketones (excluding diaryl/α,β-unsaturated/α-hetero) is 1. The lowest BCUT2D eigenvalue weighted by molar-refractivity contribution is -0.112. The first-order chi connectivity index (χ1) is 29.0. The fourth-order valence-electron chi connectivity index (χ4n) is 8.53. The second-order valence-corrected chi connectivity index (χ2v) is 21.5. The van der Waals surface area contributed by atoms with Gasteiger partial charge in [-0.1, -0.05) is 136 Å². The zero-order valence-electron chi connectivity index (χ0n) is 35.9. The molecule has 0 amide bonds. The molecule has 324 valence electrons. The molecule has 0 N–H and O–H groups in total. The summed E-state index contributed by atoms with van der Waals surface area (Å²) in [5.41, 5.74) is 5.26.